The van der Waals surface area contributed by atoms with Gasteiger partial charge in [0.1, 0.15) is 4.90 Å². The van der Waals surface area contributed by atoms with Gasteiger partial charge in [0.15, 0.2) is 5.82 Å². The number of nitrogens with zero attached hydrogens (tertiary/aromatic N) is 3. The van der Waals surface area contributed by atoms with E-state index in [1.807, 2.05) is 26.0 Å². The molecular formula is C21H22Cl2N4O4S. The van der Waals surface area contributed by atoms with Crippen molar-refractivity contribution in [3.8, 4) is 0 Å². The van der Waals surface area contributed by atoms with Gasteiger partial charge in [-0.25, -0.2) is 8.42 Å². The summed E-state index contributed by atoms with van der Waals surface area (Å²) in [6.45, 7) is 3.55. The summed E-state index contributed by atoms with van der Waals surface area (Å²) in [6, 6.07) is 11.2. The molecule has 8 nitrogen and oxygen atoms in total. The number of amides is 1. The van der Waals surface area contributed by atoms with E-state index in [2.05, 4.69) is 15.5 Å². The first-order valence-electron chi connectivity index (χ1n) is 9.69. The molecule has 0 aliphatic rings. The molecular weight excluding hydrogens is 475 g/mol. The molecule has 32 heavy (non-hydrogen) atoms. The molecule has 1 heterocycles. The second-order valence-electron chi connectivity index (χ2n) is 7.46. The van der Waals surface area contributed by atoms with Crippen LogP contribution < -0.4 is 5.32 Å². The highest BCUT2D eigenvalue weighted by molar-refractivity contribution is 7.89. The van der Waals surface area contributed by atoms with Crippen LogP contribution in [-0.2, 0) is 21.2 Å². The van der Waals surface area contributed by atoms with E-state index in [1.54, 1.807) is 12.1 Å². The first-order valence-corrected chi connectivity index (χ1v) is 11.9. The van der Waals surface area contributed by atoms with Crippen molar-refractivity contribution in [2.45, 2.75) is 31.1 Å². The molecule has 0 saturated carbocycles. The number of aromatic nitrogens is 2. The normalized spacial score (nSPS) is 11.8. The molecule has 0 spiro atoms. The molecule has 3 rings (SSSR count). The Morgan fingerprint density at radius 2 is 1.84 bits per heavy atom. The summed E-state index contributed by atoms with van der Waals surface area (Å²) in [5, 5.41) is 6.89. The average molecular weight is 497 g/mol. The van der Waals surface area contributed by atoms with Crippen LogP contribution in [0, 0.1) is 0 Å². The van der Waals surface area contributed by atoms with E-state index in [-0.39, 0.29) is 20.9 Å². The number of anilines is 1. The Morgan fingerprint density at radius 1 is 1.16 bits per heavy atom. The summed E-state index contributed by atoms with van der Waals surface area (Å²) in [7, 11) is -2.69. The van der Waals surface area contributed by atoms with Crippen molar-refractivity contribution in [2.24, 2.45) is 0 Å². The molecule has 0 unspecified atom stereocenters. The van der Waals surface area contributed by atoms with Crippen LogP contribution in [0.25, 0.3) is 0 Å². The lowest BCUT2D eigenvalue weighted by Gasteiger charge is -2.18. The summed E-state index contributed by atoms with van der Waals surface area (Å²) in [4.78, 5) is 16.6. The second kappa shape index (κ2) is 9.99. The number of carbonyl (C=O) groups excluding carboxylic acids is 1. The van der Waals surface area contributed by atoms with E-state index >= 15 is 0 Å². The lowest BCUT2D eigenvalue weighted by molar-refractivity contribution is -0.116. The van der Waals surface area contributed by atoms with Crippen molar-refractivity contribution in [1.82, 2.24) is 14.4 Å². The Balaban J connectivity index is 1.61. The Labute approximate surface area is 196 Å². The van der Waals surface area contributed by atoms with Crippen molar-refractivity contribution in [1.29, 1.82) is 0 Å². The highest BCUT2D eigenvalue weighted by Crippen LogP contribution is 2.27. The number of halogens is 2. The van der Waals surface area contributed by atoms with Crippen LogP contribution in [0.1, 0.15) is 37.0 Å². The second-order valence-corrected chi connectivity index (χ2v) is 10.3. The fourth-order valence-electron chi connectivity index (χ4n) is 2.79. The molecule has 170 valence electrons. The molecule has 0 aliphatic carbocycles. The number of carbonyl (C=O) groups is 1. The van der Waals surface area contributed by atoms with Crippen molar-refractivity contribution in [3.05, 3.63) is 69.8 Å². The molecule has 11 heteroatoms. The smallest absolute Gasteiger partial charge is 0.244 e. The lowest BCUT2D eigenvalue weighted by Crippen LogP contribution is -2.35. The molecule has 3 aromatic rings. The molecule has 1 aromatic heterocycles. The zero-order valence-corrected chi connectivity index (χ0v) is 20.0. The van der Waals surface area contributed by atoms with Crippen molar-refractivity contribution >= 4 is 44.8 Å². The summed E-state index contributed by atoms with van der Waals surface area (Å²) in [6.07, 6.45) is 0.492. The first-order chi connectivity index (χ1) is 15.1. The number of sulfonamides is 1. The van der Waals surface area contributed by atoms with Crippen LogP contribution in [0.15, 0.2) is 51.9 Å². The monoisotopic (exact) mass is 496 g/mol. The third-order valence-corrected chi connectivity index (χ3v) is 7.05. The van der Waals surface area contributed by atoms with Gasteiger partial charge in [-0.15, -0.1) is 0 Å². The van der Waals surface area contributed by atoms with Gasteiger partial charge in [0.05, 0.1) is 11.6 Å². The van der Waals surface area contributed by atoms with Crippen molar-refractivity contribution in [2.75, 3.05) is 18.9 Å². The van der Waals surface area contributed by atoms with Gasteiger partial charge in [0.25, 0.3) is 0 Å². The maximum atomic E-state index is 12.7. The van der Waals surface area contributed by atoms with Crippen LogP contribution in [0.3, 0.4) is 0 Å². The summed E-state index contributed by atoms with van der Waals surface area (Å²) in [5.74, 6) is 0.825. The summed E-state index contributed by atoms with van der Waals surface area (Å²) in [5.41, 5.74) is 1.47. The fourth-order valence-corrected chi connectivity index (χ4v) is 4.65. The molecule has 0 fully saturated rings. The predicted molar refractivity (Wildman–Crippen MR) is 123 cm³/mol. The lowest BCUT2D eigenvalue weighted by atomic mass is 10.1. The van der Waals surface area contributed by atoms with E-state index in [1.165, 1.54) is 25.2 Å². The van der Waals surface area contributed by atoms with Crippen LogP contribution in [0.2, 0.25) is 10.0 Å². The van der Waals surface area contributed by atoms with Crippen LogP contribution in [0.5, 0.6) is 0 Å². The standard InChI is InChI=1S/C21H22Cl2N4O4S/c1-13(2)21-25-19(26-31-21)10-14-4-7-16(8-5-14)24-20(28)12-27(3)32(29,30)18-11-15(22)6-9-17(18)23/h4-9,11,13H,10,12H2,1-3H3,(H,24,28). The largest absolute Gasteiger partial charge is 0.339 e. The van der Waals surface area contributed by atoms with Gasteiger partial charge in [0, 0.05) is 30.1 Å². The molecule has 2 aromatic carbocycles. The fraction of sp³-hybridized carbons (Fsp3) is 0.286. The zero-order chi connectivity index (χ0) is 23.5. The minimum atomic E-state index is -3.99. The summed E-state index contributed by atoms with van der Waals surface area (Å²) >= 11 is 11.9. The molecule has 1 N–H and O–H groups in total. The Morgan fingerprint density at radius 3 is 2.47 bits per heavy atom. The topological polar surface area (TPSA) is 105 Å². The number of benzene rings is 2. The number of likely N-dealkylation sites (N-methyl/N-ethyl adjacent to an activating group) is 1. The average Bonchev–Trinajstić information content (AvgIpc) is 3.20. The number of hydrogen-bond donors (Lipinski definition) is 1. The van der Waals surface area contributed by atoms with E-state index in [4.69, 9.17) is 27.7 Å². The maximum absolute atomic E-state index is 12.7. The SMILES string of the molecule is CC(C)c1nc(Cc2ccc(NC(=O)CN(C)S(=O)(=O)c3cc(Cl)ccc3Cl)cc2)no1. The van der Waals surface area contributed by atoms with Crippen molar-refractivity contribution < 1.29 is 17.7 Å². The third kappa shape index (κ3) is 5.86. The molecule has 1 amide bonds. The molecule has 0 bridgehead atoms. The summed E-state index contributed by atoms with van der Waals surface area (Å²) < 4.78 is 31.6. The van der Waals surface area contributed by atoms with Gasteiger partial charge in [-0.05, 0) is 35.9 Å². The van der Waals surface area contributed by atoms with Gasteiger partial charge in [-0.3, -0.25) is 4.79 Å². The van der Waals surface area contributed by atoms with Crippen LogP contribution in [0.4, 0.5) is 5.69 Å². The Hall–Kier alpha value is -2.46. The predicted octanol–water partition coefficient (Wildman–Crippen LogP) is 4.35. The highest BCUT2D eigenvalue weighted by atomic mass is 35.5. The minimum absolute atomic E-state index is 0.0272. The van der Waals surface area contributed by atoms with E-state index in [0.29, 0.717) is 23.8 Å². The molecule has 0 saturated heterocycles. The number of rotatable bonds is 8. The van der Waals surface area contributed by atoms with E-state index < -0.39 is 22.5 Å². The van der Waals surface area contributed by atoms with Gasteiger partial charge < -0.3 is 9.84 Å². The van der Waals surface area contributed by atoms with Crippen molar-refractivity contribution in [3.63, 3.8) is 0 Å². The molecule has 0 aliphatic heterocycles. The minimum Gasteiger partial charge on any atom is -0.339 e. The zero-order valence-electron chi connectivity index (χ0n) is 17.7. The first kappa shape index (κ1) is 24.2. The van der Waals surface area contributed by atoms with Crippen LogP contribution >= 0.6 is 23.2 Å². The third-order valence-electron chi connectivity index (χ3n) is 4.53. The number of nitrogens with one attached hydrogen (secondary N) is 1. The van der Waals surface area contributed by atoms with E-state index in [0.717, 1.165) is 9.87 Å². The Bertz CT molecular complexity index is 1210. The van der Waals surface area contributed by atoms with Gasteiger partial charge in [-0.2, -0.15) is 9.29 Å². The quantitative estimate of drug-likeness (QED) is 0.496. The number of hydrogen-bond acceptors (Lipinski definition) is 6. The maximum Gasteiger partial charge on any atom is 0.244 e. The van der Waals surface area contributed by atoms with Gasteiger partial charge >= 0.3 is 0 Å². The molecule has 0 radical (unpaired) electrons. The Kier molecular flexibility index (Phi) is 7.55. The van der Waals surface area contributed by atoms with E-state index in [9.17, 15) is 13.2 Å². The van der Waals surface area contributed by atoms with Crippen LogP contribution in [-0.4, -0.2) is 42.4 Å². The van der Waals surface area contributed by atoms with Gasteiger partial charge in [0.2, 0.25) is 21.8 Å². The molecule has 0 atom stereocenters. The van der Waals surface area contributed by atoms with Gasteiger partial charge in [-0.1, -0.05) is 54.3 Å². The highest BCUT2D eigenvalue weighted by Gasteiger charge is 2.25.